The number of benzene rings is 2. The number of carbonyl (C=O) groups is 3. The Kier molecular flexibility index (Phi) is 9.19. The summed E-state index contributed by atoms with van der Waals surface area (Å²) in [7, 11) is 0. The molecule has 2 amide bonds. The fourth-order valence-corrected chi connectivity index (χ4v) is 5.84. The summed E-state index contributed by atoms with van der Waals surface area (Å²) in [6.45, 7) is 2.83. The molecule has 3 rings (SSSR count). The Morgan fingerprint density at radius 2 is 1.92 bits per heavy atom. The van der Waals surface area contributed by atoms with E-state index in [2.05, 4.69) is 21.2 Å². The standard InChI is InChI=1S/C24H21BrF2IN2O6/c1-12-3-4-14(22(32)29-10-19(31)24(34)35)7-18(12)30-13(2)9-28-21(20(25)23(30)33)36-11-15-5-6-16(26)8-17(15)27/h3-9,19,31H,10-11H2,1-2H3,(H,29,32)(H,34,35)/q-1. The van der Waals surface area contributed by atoms with Crippen molar-refractivity contribution < 1.29 is 59.3 Å². The van der Waals surface area contributed by atoms with E-state index >= 15 is 0 Å². The van der Waals surface area contributed by atoms with Crippen molar-refractivity contribution in [3.05, 3.63) is 82.8 Å². The minimum absolute atomic E-state index is 0.143. The number of amides is 2. The number of carbonyl (C=O) groups excluding carboxylic acids is 2. The summed E-state index contributed by atoms with van der Waals surface area (Å²) in [6.07, 6.45) is -1.75. The van der Waals surface area contributed by atoms with E-state index in [1.165, 1.54) is 23.1 Å². The van der Waals surface area contributed by atoms with Gasteiger partial charge in [0.2, 0.25) is 0 Å². The summed E-state index contributed by atoms with van der Waals surface area (Å²) >= 11 is 2.36. The predicted octanol–water partition coefficient (Wildman–Crippen LogP) is 0.526. The van der Waals surface area contributed by atoms with Gasteiger partial charge < -0.3 is 0 Å². The molecule has 0 spiro atoms. The topological polar surface area (TPSA) is 116 Å². The third-order valence-electron chi connectivity index (χ3n) is 5.05. The molecular weight excluding hydrogens is 657 g/mol. The molecule has 36 heavy (non-hydrogen) atoms. The SMILES string of the molecule is CC1=C[I-]C(OCc2ccc(F)cc2F)=C(Br)C(=O)N1c1cc(C(=O)NCC(O)C(=O)O)ccc1C. The van der Waals surface area contributed by atoms with Gasteiger partial charge in [-0.05, 0) is 0 Å². The van der Waals surface area contributed by atoms with E-state index in [0.29, 0.717) is 20.7 Å². The van der Waals surface area contributed by atoms with E-state index in [9.17, 15) is 28.3 Å². The molecule has 0 bridgehead atoms. The van der Waals surface area contributed by atoms with E-state index < -0.39 is 63.3 Å². The molecule has 2 aromatic carbocycles. The van der Waals surface area contributed by atoms with Crippen molar-refractivity contribution >= 4 is 39.4 Å². The Morgan fingerprint density at radius 1 is 1.19 bits per heavy atom. The normalized spacial score (nSPS) is 15.0. The zero-order chi connectivity index (χ0) is 26.6. The summed E-state index contributed by atoms with van der Waals surface area (Å²) in [5.74, 6) is -3.99. The fraction of sp³-hybridized carbons (Fsp3) is 0.208. The van der Waals surface area contributed by atoms with E-state index in [-0.39, 0.29) is 22.2 Å². The third-order valence-corrected chi connectivity index (χ3v) is 9.12. The Bertz CT molecular complexity index is 1280. The molecular formula is C24H21BrF2IN2O6-. The predicted molar refractivity (Wildman–Crippen MR) is 125 cm³/mol. The first kappa shape index (κ1) is 27.7. The Balaban J connectivity index is 1.85. The van der Waals surface area contributed by atoms with Gasteiger partial charge in [0.1, 0.15) is 0 Å². The molecule has 2 aromatic rings. The van der Waals surface area contributed by atoms with Crippen LogP contribution in [0.5, 0.6) is 0 Å². The third kappa shape index (κ3) is 6.48. The summed E-state index contributed by atoms with van der Waals surface area (Å²) in [5.41, 5.74) is 2.01. The van der Waals surface area contributed by atoms with Crippen LogP contribution < -0.4 is 31.4 Å². The number of aryl methyl sites for hydroxylation is 1. The van der Waals surface area contributed by atoms with E-state index in [1.807, 2.05) is 4.08 Å². The van der Waals surface area contributed by atoms with Crippen LogP contribution in [0.1, 0.15) is 28.4 Å². The average Bonchev–Trinajstić information content (AvgIpc) is 2.93. The summed E-state index contributed by atoms with van der Waals surface area (Å²) in [6, 6.07) is 7.81. The van der Waals surface area contributed by atoms with Crippen LogP contribution >= 0.6 is 15.9 Å². The number of aliphatic carboxylic acids is 1. The number of hydrogen-bond donors (Lipinski definition) is 3. The number of nitrogens with one attached hydrogen (secondary N) is 1. The number of aliphatic hydroxyl groups excluding tert-OH is 1. The molecule has 0 aromatic heterocycles. The fourth-order valence-electron chi connectivity index (χ4n) is 3.11. The van der Waals surface area contributed by atoms with E-state index in [1.54, 1.807) is 19.9 Å². The number of hydrogen-bond acceptors (Lipinski definition) is 5. The van der Waals surface area contributed by atoms with Crippen molar-refractivity contribution in [1.29, 1.82) is 0 Å². The zero-order valence-electron chi connectivity index (χ0n) is 19.0. The maximum absolute atomic E-state index is 14.0. The molecule has 0 aliphatic carbocycles. The number of halogens is 4. The molecule has 1 aliphatic heterocycles. The number of aliphatic hydroxyl groups is 1. The quantitative estimate of drug-likeness (QED) is 0.351. The number of ether oxygens (including phenoxy) is 1. The Hall–Kier alpha value is -2.84. The molecule has 3 N–H and O–H groups in total. The summed E-state index contributed by atoms with van der Waals surface area (Å²) in [4.78, 5) is 38.1. The second kappa shape index (κ2) is 11.9. The van der Waals surface area contributed by atoms with Gasteiger partial charge in [0.05, 0.1) is 0 Å². The molecule has 1 unspecified atom stereocenters. The Morgan fingerprint density at radius 3 is 2.58 bits per heavy atom. The monoisotopic (exact) mass is 677 g/mol. The van der Waals surface area contributed by atoms with Crippen LogP contribution in [0.2, 0.25) is 0 Å². The molecule has 0 saturated carbocycles. The van der Waals surface area contributed by atoms with Gasteiger partial charge >= 0.3 is 225 Å². The van der Waals surface area contributed by atoms with Gasteiger partial charge in [0.15, 0.2) is 0 Å². The maximum atomic E-state index is 14.0. The molecule has 192 valence electrons. The first-order valence-electron chi connectivity index (χ1n) is 10.4. The van der Waals surface area contributed by atoms with Crippen LogP contribution in [0.25, 0.3) is 0 Å². The van der Waals surface area contributed by atoms with Gasteiger partial charge in [0.25, 0.3) is 0 Å². The first-order valence-corrected chi connectivity index (χ1v) is 13.5. The van der Waals surface area contributed by atoms with Gasteiger partial charge in [-0.1, -0.05) is 0 Å². The second-order valence-corrected chi connectivity index (χ2v) is 10.7. The average molecular weight is 678 g/mol. The Labute approximate surface area is 224 Å². The van der Waals surface area contributed by atoms with E-state index in [0.717, 1.165) is 12.1 Å². The molecule has 12 heteroatoms. The number of allylic oxidation sites excluding steroid dienone is 1. The van der Waals surface area contributed by atoms with Crippen molar-refractivity contribution in [3.8, 4) is 0 Å². The molecule has 8 nitrogen and oxygen atoms in total. The molecule has 1 heterocycles. The molecule has 1 atom stereocenters. The molecule has 1 aliphatic rings. The first-order chi connectivity index (χ1) is 17.0. The van der Waals surface area contributed by atoms with E-state index in [4.69, 9.17) is 9.84 Å². The van der Waals surface area contributed by atoms with Gasteiger partial charge in [-0.25, -0.2) is 0 Å². The van der Waals surface area contributed by atoms with Crippen molar-refractivity contribution in [3.63, 3.8) is 0 Å². The van der Waals surface area contributed by atoms with Crippen LogP contribution in [0.3, 0.4) is 0 Å². The molecule has 0 saturated heterocycles. The second-order valence-electron chi connectivity index (χ2n) is 7.68. The van der Waals surface area contributed by atoms with Crippen LogP contribution in [0, 0.1) is 18.6 Å². The van der Waals surface area contributed by atoms with Crippen molar-refractivity contribution in [2.45, 2.75) is 26.6 Å². The van der Waals surface area contributed by atoms with Crippen molar-refractivity contribution in [2.75, 3.05) is 11.4 Å². The number of anilines is 1. The summed E-state index contributed by atoms with van der Waals surface area (Å²) in [5, 5.41) is 20.5. The van der Waals surface area contributed by atoms with Crippen LogP contribution in [-0.2, 0) is 20.9 Å². The van der Waals surface area contributed by atoms with Crippen molar-refractivity contribution in [1.82, 2.24) is 5.32 Å². The van der Waals surface area contributed by atoms with Gasteiger partial charge in [-0.15, -0.1) is 0 Å². The number of rotatable bonds is 8. The van der Waals surface area contributed by atoms with Crippen LogP contribution in [0.15, 0.2) is 54.4 Å². The molecule has 0 fully saturated rings. The number of nitrogens with zero attached hydrogens (tertiary/aromatic N) is 1. The van der Waals surface area contributed by atoms with Crippen LogP contribution in [0.4, 0.5) is 14.5 Å². The zero-order valence-corrected chi connectivity index (χ0v) is 22.8. The van der Waals surface area contributed by atoms with Crippen LogP contribution in [-0.4, -0.2) is 40.6 Å². The van der Waals surface area contributed by atoms with Gasteiger partial charge in [0, 0.05) is 0 Å². The molecule has 0 radical (unpaired) electrons. The van der Waals surface area contributed by atoms with Gasteiger partial charge in [-0.2, -0.15) is 0 Å². The van der Waals surface area contributed by atoms with Crippen molar-refractivity contribution in [2.24, 2.45) is 0 Å². The van der Waals surface area contributed by atoms with Gasteiger partial charge in [-0.3, -0.25) is 0 Å². The minimum atomic E-state index is -1.75. The number of carboxylic acid groups (broad SMARTS) is 1. The number of carboxylic acids is 1. The summed E-state index contributed by atoms with van der Waals surface area (Å²) < 4.78 is 35.2.